The van der Waals surface area contributed by atoms with E-state index in [4.69, 9.17) is 4.74 Å². The molecule has 6 nitrogen and oxygen atoms in total. The van der Waals surface area contributed by atoms with Gasteiger partial charge in [0.15, 0.2) is 0 Å². The van der Waals surface area contributed by atoms with Gasteiger partial charge in [-0.3, -0.25) is 9.52 Å². The smallest absolute Gasteiger partial charge is 0.242 e. The van der Waals surface area contributed by atoms with E-state index in [0.29, 0.717) is 17.1 Å². The van der Waals surface area contributed by atoms with Crippen LogP contribution in [0.15, 0.2) is 18.2 Å². The van der Waals surface area contributed by atoms with E-state index in [0.717, 1.165) is 0 Å². The van der Waals surface area contributed by atoms with Gasteiger partial charge in [-0.25, -0.2) is 8.42 Å². The van der Waals surface area contributed by atoms with Gasteiger partial charge in [-0.1, -0.05) is 15.9 Å². The van der Waals surface area contributed by atoms with Gasteiger partial charge >= 0.3 is 0 Å². The fourth-order valence-corrected chi connectivity index (χ4v) is 2.14. The predicted molar refractivity (Wildman–Crippen MR) is 73.6 cm³/mol. The van der Waals surface area contributed by atoms with Crippen LogP contribution >= 0.6 is 15.9 Å². The fraction of sp³-hybridized carbons (Fsp3) is 0.300. The standard InChI is InChI=1S/C10H13BrN2O4S/c1-7(14)12-9-4-3-8(5-10(9)17-2)13-18(15,16)6-11/h3-5,13H,6H2,1-2H3,(H,12,14). The first-order valence-corrected chi connectivity index (χ1v) is 7.67. The number of benzene rings is 1. The molecule has 1 aromatic carbocycles. The summed E-state index contributed by atoms with van der Waals surface area (Å²) in [5.74, 6) is 0.141. The van der Waals surface area contributed by atoms with Crippen LogP contribution in [0, 0.1) is 0 Å². The maximum absolute atomic E-state index is 11.4. The summed E-state index contributed by atoms with van der Waals surface area (Å²) >= 11 is 2.87. The van der Waals surface area contributed by atoms with Crippen LogP contribution in [-0.4, -0.2) is 26.1 Å². The first-order valence-electron chi connectivity index (χ1n) is 4.90. The average molecular weight is 337 g/mol. The molecule has 1 rings (SSSR count). The SMILES string of the molecule is COc1cc(NS(=O)(=O)CBr)ccc1NC(C)=O. The summed E-state index contributed by atoms with van der Waals surface area (Å²) in [5, 5.41) is 2.58. The maximum Gasteiger partial charge on any atom is 0.242 e. The fourth-order valence-electron chi connectivity index (χ4n) is 1.25. The Morgan fingerprint density at radius 1 is 1.44 bits per heavy atom. The Labute approximate surface area is 114 Å². The Balaban J connectivity index is 3.02. The lowest BCUT2D eigenvalue weighted by atomic mass is 10.2. The molecule has 0 fully saturated rings. The van der Waals surface area contributed by atoms with Crippen molar-refractivity contribution in [1.29, 1.82) is 0 Å². The number of rotatable bonds is 5. The van der Waals surface area contributed by atoms with Crippen molar-refractivity contribution >= 4 is 43.2 Å². The molecule has 2 N–H and O–H groups in total. The van der Waals surface area contributed by atoms with E-state index in [2.05, 4.69) is 26.0 Å². The van der Waals surface area contributed by atoms with Gasteiger partial charge in [0.1, 0.15) is 10.4 Å². The van der Waals surface area contributed by atoms with Crippen LogP contribution in [0.4, 0.5) is 11.4 Å². The van der Waals surface area contributed by atoms with Gasteiger partial charge in [-0.05, 0) is 12.1 Å². The quantitative estimate of drug-likeness (QED) is 0.802. The lowest BCUT2D eigenvalue weighted by Crippen LogP contribution is -2.13. The van der Waals surface area contributed by atoms with E-state index in [9.17, 15) is 13.2 Å². The number of hydrogen-bond acceptors (Lipinski definition) is 4. The summed E-state index contributed by atoms with van der Waals surface area (Å²) in [5.41, 5.74) is 0.840. The zero-order valence-corrected chi connectivity index (χ0v) is 12.3. The topological polar surface area (TPSA) is 84.5 Å². The monoisotopic (exact) mass is 336 g/mol. The summed E-state index contributed by atoms with van der Waals surface area (Å²) in [6, 6.07) is 4.59. The Kier molecular flexibility index (Phi) is 4.97. The van der Waals surface area contributed by atoms with Crippen molar-refractivity contribution in [3.8, 4) is 5.75 Å². The molecular weight excluding hydrogens is 324 g/mol. The zero-order valence-electron chi connectivity index (χ0n) is 9.86. The number of carbonyl (C=O) groups is 1. The number of sulfonamides is 1. The Hall–Kier alpha value is -1.28. The number of carbonyl (C=O) groups excluding carboxylic acids is 1. The average Bonchev–Trinajstić information content (AvgIpc) is 2.30. The van der Waals surface area contributed by atoms with Crippen molar-refractivity contribution in [2.45, 2.75) is 6.92 Å². The minimum atomic E-state index is -3.41. The summed E-state index contributed by atoms with van der Waals surface area (Å²) < 4.78 is 30.0. The second kappa shape index (κ2) is 6.05. The maximum atomic E-state index is 11.4. The third-order valence-electron chi connectivity index (χ3n) is 1.93. The number of ether oxygens (including phenoxy) is 1. The first kappa shape index (κ1) is 14.8. The van der Waals surface area contributed by atoms with Crippen LogP contribution in [0.3, 0.4) is 0 Å². The predicted octanol–water partition coefficient (Wildman–Crippen LogP) is 1.75. The van der Waals surface area contributed by atoms with E-state index in [-0.39, 0.29) is 10.6 Å². The molecule has 0 saturated carbocycles. The van der Waals surface area contributed by atoms with Gasteiger partial charge in [0.25, 0.3) is 0 Å². The highest BCUT2D eigenvalue weighted by Gasteiger charge is 2.11. The molecule has 0 aromatic heterocycles. The van der Waals surface area contributed by atoms with Gasteiger partial charge < -0.3 is 10.1 Å². The third kappa shape index (κ3) is 4.19. The Morgan fingerprint density at radius 3 is 2.61 bits per heavy atom. The normalized spacial score (nSPS) is 10.8. The number of nitrogens with one attached hydrogen (secondary N) is 2. The largest absolute Gasteiger partial charge is 0.494 e. The molecule has 0 heterocycles. The highest BCUT2D eigenvalue weighted by Crippen LogP contribution is 2.28. The Morgan fingerprint density at radius 2 is 2.11 bits per heavy atom. The van der Waals surface area contributed by atoms with Crippen LogP contribution in [0.2, 0.25) is 0 Å². The van der Waals surface area contributed by atoms with E-state index < -0.39 is 10.0 Å². The van der Waals surface area contributed by atoms with E-state index >= 15 is 0 Å². The van der Waals surface area contributed by atoms with Crippen LogP contribution in [-0.2, 0) is 14.8 Å². The zero-order chi connectivity index (χ0) is 13.8. The molecule has 0 bridgehead atoms. The van der Waals surface area contributed by atoms with Gasteiger partial charge in [0.2, 0.25) is 15.9 Å². The molecule has 0 aliphatic carbocycles. The van der Waals surface area contributed by atoms with Crippen molar-refractivity contribution in [3.05, 3.63) is 18.2 Å². The third-order valence-corrected chi connectivity index (χ3v) is 4.57. The van der Waals surface area contributed by atoms with Crippen LogP contribution in [0.5, 0.6) is 5.75 Å². The van der Waals surface area contributed by atoms with Crippen molar-refractivity contribution in [1.82, 2.24) is 0 Å². The lowest BCUT2D eigenvalue weighted by Gasteiger charge is -2.11. The molecule has 18 heavy (non-hydrogen) atoms. The molecule has 0 saturated heterocycles. The second-order valence-electron chi connectivity index (χ2n) is 3.42. The second-order valence-corrected chi connectivity index (χ2v) is 6.45. The van der Waals surface area contributed by atoms with E-state index in [1.807, 2.05) is 0 Å². The van der Waals surface area contributed by atoms with Gasteiger partial charge in [-0.15, -0.1) is 0 Å². The van der Waals surface area contributed by atoms with Crippen molar-refractivity contribution in [2.75, 3.05) is 21.8 Å². The molecule has 0 aliphatic heterocycles. The molecule has 1 amide bonds. The number of anilines is 2. The number of hydrogen-bond donors (Lipinski definition) is 2. The van der Waals surface area contributed by atoms with Gasteiger partial charge in [0.05, 0.1) is 18.5 Å². The molecule has 0 unspecified atom stereocenters. The number of amides is 1. The molecule has 1 aromatic rings. The van der Waals surface area contributed by atoms with Crippen LogP contribution < -0.4 is 14.8 Å². The number of alkyl halides is 1. The molecular formula is C10H13BrN2O4S. The minimum absolute atomic E-state index is 0.199. The van der Waals surface area contributed by atoms with Crippen molar-refractivity contribution in [2.24, 2.45) is 0 Å². The van der Waals surface area contributed by atoms with E-state index in [1.165, 1.54) is 26.2 Å². The summed E-state index contributed by atoms with van der Waals surface area (Å²) in [6.45, 7) is 1.38. The summed E-state index contributed by atoms with van der Waals surface area (Å²) in [4.78, 5) is 11.0. The van der Waals surface area contributed by atoms with Crippen LogP contribution in [0.1, 0.15) is 6.92 Å². The number of methoxy groups -OCH3 is 1. The molecule has 0 atom stereocenters. The van der Waals surface area contributed by atoms with Crippen LogP contribution in [0.25, 0.3) is 0 Å². The minimum Gasteiger partial charge on any atom is -0.494 e. The van der Waals surface area contributed by atoms with Gasteiger partial charge in [-0.2, -0.15) is 0 Å². The van der Waals surface area contributed by atoms with Crippen molar-refractivity contribution < 1.29 is 17.9 Å². The molecule has 0 aliphatic rings. The molecule has 8 heteroatoms. The Bertz CT molecular complexity index is 545. The molecule has 100 valence electrons. The van der Waals surface area contributed by atoms with E-state index in [1.54, 1.807) is 6.07 Å². The highest BCUT2D eigenvalue weighted by atomic mass is 79.9. The highest BCUT2D eigenvalue weighted by molar-refractivity contribution is 9.10. The lowest BCUT2D eigenvalue weighted by molar-refractivity contribution is -0.114. The summed E-state index contributed by atoms with van der Waals surface area (Å²) in [7, 11) is -1.98. The first-order chi connectivity index (χ1) is 8.38. The number of halogens is 1. The van der Waals surface area contributed by atoms with Gasteiger partial charge in [0, 0.05) is 13.0 Å². The molecule has 0 radical (unpaired) electrons. The molecule has 0 spiro atoms. The van der Waals surface area contributed by atoms with Crippen molar-refractivity contribution in [3.63, 3.8) is 0 Å². The summed E-state index contributed by atoms with van der Waals surface area (Å²) in [6.07, 6.45) is 0.